The number of halogens is 2. The molecule has 0 aliphatic rings. The summed E-state index contributed by atoms with van der Waals surface area (Å²) in [6.07, 6.45) is 0. The van der Waals surface area contributed by atoms with Gasteiger partial charge in [0.2, 0.25) is 0 Å². The molecule has 0 saturated carbocycles. The minimum absolute atomic E-state index is 0.00142. The van der Waals surface area contributed by atoms with E-state index in [1.165, 1.54) is 23.5 Å². The van der Waals surface area contributed by atoms with Crippen molar-refractivity contribution in [2.45, 2.75) is 6.92 Å². The summed E-state index contributed by atoms with van der Waals surface area (Å²) < 4.78 is 13.3. The van der Waals surface area contributed by atoms with Crippen LogP contribution in [0.15, 0.2) is 24.3 Å². The van der Waals surface area contributed by atoms with Crippen molar-refractivity contribution >= 4 is 34.5 Å². The molecule has 1 heterocycles. The predicted octanol–water partition coefficient (Wildman–Crippen LogP) is 3.45. The lowest BCUT2D eigenvalue weighted by atomic mass is 10.2. The molecule has 108 valence electrons. The fourth-order valence-electron chi connectivity index (χ4n) is 1.60. The fraction of sp³-hybridized carbons (Fsp3) is 0.133. The van der Waals surface area contributed by atoms with Crippen LogP contribution < -0.4 is 5.32 Å². The largest absolute Gasteiger partial charge is 0.384 e. The molecule has 0 aliphatic carbocycles. The fourth-order valence-corrected chi connectivity index (χ4v) is 2.66. The average molecular weight is 324 g/mol. The van der Waals surface area contributed by atoms with Crippen LogP contribution in [0.1, 0.15) is 20.1 Å². The van der Waals surface area contributed by atoms with E-state index in [4.69, 9.17) is 16.7 Å². The summed E-state index contributed by atoms with van der Waals surface area (Å²) in [4.78, 5) is 13.3. The van der Waals surface area contributed by atoms with Crippen LogP contribution in [0.2, 0.25) is 5.02 Å². The highest BCUT2D eigenvalue weighted by Gasteiger charge is 2.12. The van der Waals surface area contributed by atoms with Crippen molar-refractivity contribution in [2.75, 3.05) is 11.9 Å². The normalized spacial score (nSPS) is 9.90. The van der Waals surface area contributed by atoms with Gasteiger partial charge in [-0.1, -0.05) is 23.4 Å². The lowest BCUT2D eigenvalue weighted by molar-refractivity contribution is 0.103. The highest BCUT2D eigenvalue weighted by atomic mass is 35.5. The molecule has 1 amide bonds. The van der Waals surface area contributed by atoms with Crippen molar-refractivity contribution in [3.05, 3.63) is 50.4 Å². The number of anilines is 1. The quantitative estimate of drug-likeness (QED) is 0.832. The molecule has 2 N–H and O–H groups in total. The monoisotopic (exact) mass is 323 g/mol. The third-order valence-corrected chi connectivity index (χ3v) is 4.06. The molecule has 0 saturated heterocycles. The Bertz CT molecular complexity index is 746. The van der Waals surface area contributed by atoms with Crippen LogP contribution in [0.25, 0.3) is 0 Å². The molecular weight excluding hydrogens is 313 g/mol. The number of amides is 1. The molecule has 2 rings (SSSR count). The van der Waals surface area contributed by atoms with Gasteiger partial charge in [0.25, 0.3) is 5.91 Å². The number of aliphatic hydroxyl groups excluding tert-OH is 1. The summed E-state index contributed by atoms with van der Waals surface area (Å²) in [7, 11) is 0. The molecule has 2 aromatic rings. The van der Waals surface area contributed by atoms with Gasteiger partial charge in [0.05, 0.1) is 14.8 Å². The number of carbonyl (C=O) groups excluding carboxylic acids is 1. The Labute approximate surface area is 130 Å². The summed E-state index contributed by atoms with van der Waals surface area (Å²) in [6, 6.07) is 5.77. The Morgan fingerprint density at radius 3 is 2.90 bits per heavy atom. The maximum Gasteiger partial charge on any atom is 0.265 e. The maximum absolute atomic E-state index is 13.3. The first kappa shape index (κ1) is 15.5. The second-order valence-electron chi connectivity index (χ2n) is 4.17. The van der Waals surface area contributed by atoms with E-state index in [1.807, 2.05) is 6.92 Å². The van der Waals surface area contributed by atoms with Crippen LogP contribution in [-0.2, 0) is 0 Å². The molecule has 0 aliphatic heterocycles. The zero-order chi connectivity index (χ0) is 15.4. The average Bonchev–Trinajstić information content (AvgIpc) is 2.82. The Balaban J connectivity index is 2.18. The first-order valence-corrected chi connectivity index (χ1v) is 7.17. The van der Waals surface area contributed by atoms with E-state index in [1.54, 1.807) is 6.07 Å². The van der Waals surface area contributed by atoms with Gasteiger partial charge >= 0.3 is 0 Å². The minimum Gasteiger partial charge on any atom is -0.384 e. The van der Waals surface area contributed by atoms with Gasteiger partial charge in [-0.3, -0.25) is 4.79 Å². The first-order valence-electron chi connectivity index (χ1n) is 5.98. The number of benzene rings is 1. The van der Waals surface area contributed by atoms with Gasteiger partial charge in [-0.05, 0) is 36.8 Å². The van der Waals surface area contributed by atoms with Gasteiger partial charge < -0.3 is 10.4 Å². The molecule has 0 atom stereocenters. The zero-order valence-electron chi connectivity index (χ0n) is 11.0. The number of carbonyl (C=O) groups is 1. The van der Waals surface area contributed by atoms with Crippen molar-refractivity contribution in [2.24, 2.45) is 0 Å². The van der Waals surface area contributed by atoms with Crippen molar-refractivity contribution in [1.29, 1.82) is 0 Å². The van der Waals surface area contributed by atoms with Gasteiger partial charge in [0, 0.05) is 5.69 Å². The van der Waals surface area contributed by atoms with E-state index in [9.17, 15) is 9.18 Å². The van der Waals surface area contributed by atoms with E-state index < -0.39 is 5.82 Å². The highest BCUT2D eigenvalue weighted by Crippen LogP contribution is 2.23. The van der Waals surface area contributed by atoms with Gasteiger partial charge in [-0.25, -0.2) is 4.39 Å². The van der Waals surface area contributed by atoms with Gasteiger partial charge in [0.1, 0.15) is 12.4 Å². The second kappa shape index (κ2) is 6.72. The van der Waals surface area contributed by atoms with Gasteiger partial charge in [0.15, 0.2) is 0 Å². The molecule has 6 heteroatoms. The third kappa shape index (κ3) is 3.82. The molecule has 3 nitrogen and oxygen atoms in total. The van der Waals surface area contributed by atoms with Crippen molar-refractivity contribution < 1.29 is 14.3 Å². The standard InChI is InChI=1S/C15H11ClFNO2S/c1-9-7-14(21-13(9)3-2-6-19)15(20)18-10-4-5-11(16)12(17)8-10/h4-5,7-8,19H,6H2,1H3,(H,18,20). The summed E-state index contributed by atoms with van der Waals surface area (Å²) in [5.41, 5.74) is 1.18. The lowest BCUT2D eigenvalue weighted by Crippen LogP contribution is -2.10. The van der Waals surface area contributed by atoms with Crippen LogP contribution in [0.3, 0.4) is 0 Å². The number of nitrogens with one attached hydrogen (secondary N) is 1. The molecule has 1 aromatic carbocycles. The lowest BCUT2D eigenvalue weighted by Gasteiger charge is -2.04. The number of hydrogen-bond donors (Lipinski definition) is 2. The first-order chi connectivity index (χ1) is 10.0. The molecule has 0 fully saturated rings. The topological polar surface area (TPSA) is 49.3 Å². The van der Waals surface area contributed by atoms with Crippen molar-refractivity contribution in [3.8, 4) is 11.8 Å². The third-order valence-electron chi connectivity index (χ3n) is 2.60. The molecule has 0 radical (unpaired) electrons. The van der Waals surface area contributed by atoms with Crippen LogP contribution in [0, 0.1) is 24.6 Å². The maximum atomic E-state index is 13.3. The van der Waals surface area contributed by atoms with E-state index in [0.29, 0.717) is 10.6 Å². The Morgan fingerprint density at radius 2 is 2.24 bits per heavy atom. The van der Waals surface area contributed by atoms with Gasteiger partial charge in [-0.2, -0.15) is 0 Å². The summed E-state index contributed by atoms with van der Waals surface area (Å²) in [5, 5.41) is 11.3. The Hall–Kier alpha value is -1.87. The minimum atomic E-state index is -0.591. The number of aryl methyl sites for hydroxylation is 1. The van der Waals surface area contributed by atoms with Gasteiger partial charge in [-0.15, -0.1) is 11.3 Å². The zero-order valence-corrected chi connectivity index (χ0v) is 12.6. The molecule has 0 bridgehead atoms. The summed E-state index contributed by atoms with van der Waals surface area (Å²) >= 11 is 6.80. The van der Waals surface area contributed by atoms with Crippen LogP contribution in [0.5, 0.6) is 0 Å². The summed E-state index contributed by atoms with van der Waals surface area (Å²) in [5.74, 6) is 4.38. The number of aliphatic hydroxyl groups is 1. The Morgan fingerprint density at radius 1 is 1.48 bits per heavy atom. The SMILES string of the molecule is Cc1cc(C(=O)Nc2ccc(Cl)c(F)c2)sc1C#CCO. The smallest absolute Gasteiger partial charge is 0.265 e. The second-order valence-corrected chi connectivity index (χ2v) is 5.63. The molecule has 1 aromatic heterocycles. The molecule has 21 heavy (non-hydrogen) atoms. The van der Waals surface area contributed by atoms with Crippen molar-refractivity contribution in [1.82, 2.24) is 0 Å². The van der Waals surface area contributed by atoms with Crippen LogP contribution >= 0.6 is 22.9 Å². The van der Waals surface area contributed by atoms with E-state index in [0.717, 1.165) is 16.5 Å². The predicted molar refractivity (Wildman–Crippen MR) is 82.4 cm³/mol. The van der Waals surface area contributed by atoms with E-state index >= 15 is 0 Å². The molecule has 0 unspecified atom stereocenters. The van der Waals surface area contributed by atoms with Crippen molar-refractivity contribution in [3.63, 3.8) is 0 Å². The number of rotatable bonds is 2. The van der Waals surface area contributed by atoms with E-state index in [2.05, 4.69) is 17.2 Å². The van der Waals surface area contributed by atoms with Crippen LogP contribution in [0.4, 0.5) is 10.1 Å². The van der Waals surface area contributed by atoms with E-state index in [-0.39, 0.29) is 17.5 Å². The number of thiophene rings is 1. The molecular formula is C15H11ClFNO2S. The summed E-state index contributed by atoms with van der Waals surface area (Å²) in [6.45, 7) is 1.60. The Kier molecular flexibility index (Phi) is 4.97. The highest BCUT2D eigenvalue weighted by molar-refractivity contribution is 7.14. The number of hydrogen-bond acceptors (Lipinski definition) is 3. The molecule has 0 spiro atoms. The van der Waals surface area contributed by atoms with Crippen LogP contribution in [-0.4, -0.2) is 17.6 Å².